The quantitative estimate of drug-likeness (QED) is 0.224. The van der Waals surface area contributed by atoms with E-state index in [1.807, 2.05) is 0 Å². The van der Waals surface area contributed by atoms with E-state index in [4.69, 9.17) is 16.3 Å². The number of H-pyrrole nitrogens is 1. The van der Waals surface area contributed by atoms with Gasteiger partial charge in [-0.3, -0.25) is 9.59 Å². The van der Waals surface area contributed by atoms with Gasteiger partial charge in [0.05, 0.1) is 29.3 Å². The molecule has 11 heteroatoms. The van der Waals surface area contributed by atoms with Gasteiger partial charge in [0.25, 0.3) is 5.56 Å². The Morgan fingerprint density at radius 3 is 2.68 bits per heavy atom. The minimum atomic E-state index is -0.425. The molecule has 0 aliphatic heterocycles. The highest BCUT2D eigenvalue weighted by Crippen LogP contribution is 2.20. The van der Waals surface area contributed by atoms with Crippen LogP contribution in [-0.2, 0) is 9.53 Å². The number of anilines is 1. The summed E-state index contributed by atoms with van der Waals surface area (Å²) in [4.78, 5) is 43.9. The molecule has 0 atom stereocenters. The van der Waals surface area contributed by atoms with E-state index in [1.54, 1.807) is 62.4 Å². The van der Waals surface area contributed by atoms with Crippen molar-refractivity contribution in [2.45, 2.75) is 25.1 Å². The maximum atomic E-state index is 12.5. The number of aromatic nitrogens is 4. The molecule has 174 valence electrons. The molecule has 0 aliphatic carbocycles. The molecule has 4 rings (SSSR count). The predicted octanol–water partition coefficient (Wildman–Crippen LogP) is 4.06. The summed E-state index contributed by atoms with van der Waals surface area (Å²) in [6, 6.07) is 13.4. The summed E-state index contributed by atoms with van der Waals surface area (Å²) in [6.45, 7) is 3.55. The van der Waals surface area contributed by atoms with Crippen LogP contribution in [0.1, 0.15) is 24.2 Å². The maximum Gasteiger partial charge on any atom is 0.338 e. The number of carbonyl (C=O) groups is 2. The summed E-state index contributed by atoms with van der Waals surface area (Å²) in [5, 5.41) is 8.13. The van der Waals surface area contributed by atoms with Gasteiger partial charge < -0.3 is 15.0 Å². The molecule has 2 N–H and O–H groups in total. The SMILES string of the molecule is CC(C)OC(=O)c1ccc(NC(=O)CSc2nc3c(cnn3-c3cccc(Cl)c3)c(=O)[nH]2)cc1. The number of aromatic amines is 1. The predicted molar refractivity (Wildman–Crippen MR) is 131 cm³/mol. The number of fused-ring (bicyclic) bond motifs is 1. The number of hydrogen-bond donors (Lipinski definition) is 2. The Hall–Kier alpha value is -3.63. The third-order valence-corrected chi connectivity index (χ3v) is 5.66. The lowest BCUT2D eigenvalue weighted by Gasteiger charge is -2.09. The van der Waals surface area contributed by atoms with E-state index in [0.717, 1.165) is 11.8 Å². The van der Waals surface area contributed by atoms with Crippen LogP contribution >= 0.6 is 23.4 Å². The number of thioether (sulfide) groups is 1. The molecule has 0 unspecified atom stereocenters. The van der Waals surface area contributed by atoms with Gasteiger partial charge in [0, 0.05) is 10.7 Å². The first-order valence-electron chi connectivity index (χ1n) is 10.3. The van der Waals surface area contributed by atoms with Crippen LogP contribution in [0.3, 0.4) is 0 Å². The molecule has 2 aromatic heterocycles. The van der Waals surface area contributed by atoms with Crippen LogP contribution in [0.25, 0.3) is 16.7 Å². The fraction of sp³-hybridized carbons (Fsp3) is 0.174. The normalized spacial score (nSPS) is 11.1. The van der Waals surface area contributed by atoms with E-state index in [9.17, 15) is 14.4 Å². The number of carbonyl (C=O) groups excluding carboxylic acids is 2. The van der Waals surface area contributed by atoms with Crippen molar-refractivity contribution in [1.29, 1.82) is 0 Å². The molecule has 0 saturated carbocycles. The number of ether oxygens (including phenoxy) is 1. The summed E-state index contributed by atoms with van der Waals surface area (Å²) in [5.41, 5.74) is 1.59. The number of amides is 1. The number of benzene rings is 2. The van der Waals surface area contributed by atoms with Crippen molar-refractivity contribution in [2.75, 3.05) is 11.1 Å². The fourth-order valence-electron chi connectivity index (χ4n) is 3.07. The van der Waals surface area contributed by atoms with E-state index < -0.39 is 5.97 Å². The van der Waals surface area contributed by atoms with Crippen molar-refractivity contribution in [3.05, 3.63) is 75.7 Å². The van der Waals surface area contributed by atoms with E-state index >= 15 is 0 Å². The number of esters is 1. The van der Waals surface area contributed by atoms with Gasteiger partial charge in [0.1, 0.15) is 5.39 Å². The van der Waals surface area contributed by atoms with Gasteiger partial charge in [-0.25, -0.2) is 14.5 Å². The van der Waals surface area contributed by atoms with Crippen molar-refractivity contribution >= 4 is 52.0 Å². The second kappa shape index (κ2) is 10.1. The Bertz CT molecular complexity index is 1420. The van der Waals surface area contributed by atoms with Crippen molar-refractivity contribution in [3.8, 4) is 5.69 Å². The minimum absolute atomic E-state index is 0.0108. The van der Waals surface area contributed by atoms with Crippen LogP contribution in [0.2, 0.25) is 5.02 Å². The zero-order valence-electron chi connectivity index (χ0n) is 18.2. The minimum Gasteiger partial charge on any atom is -0.459 e. The summed E-state index contributed by atoms with van der Waals surface area (Å²) in [5.74, 6) is -0.712. The first kappa shape index (κ1) is 23.5. The van der Waals surface area contributed by atoms with Crippen molar-refractivity contribution in [2.24, 2.45) is 0 Å². The molecule has 0 bridgehead atoms. The van der Waals surface area contributed by atoms with Gasteiger partial charge >= 0.3 is 5.97 Å². The Kier molecular flexibility index (Phi) is 6.99. The summed E-state index contributed by atoms with van der Waals surface area (Å²) in [6.07, 6.45) is 1.22. The van der Waals surface area contributed by atoms with Gasteiger partial charge in [0.2, 0.25) is 5.91 Å². The largest absolute Gasteiger partial charge is 0.459 e. The van der Waals surface area contributed by atoms with Crippen LogP contribution < -0.4 is 10.9 Å². The Morgan fingerprint density at radius 2 is 1.97 bits per heavy atom. The molecule has 1 amide bonds. The van der Waals surface area contributed by atoms with Gasteiger partial charge in [-0.1, -0.05) is 29.4 Å². The average molecular weight is 498 g/mol. The number of hydrogen-bond acceptors (Lipinski definition) is 7. The molecule has 9 nitrogen and oxygen atoms in total. The lowest BCUT2D eigenvalue weighted by Crippen LogP contribution is -2.16. The van der Waals surface area contributed by atoms with Crippen LogP contribution in [0.15, 0.2) is 64.7 Å². The maximum absolute atomic E-state index is 12.5. The second-order valence-corrected chi connectivity index (χ2v) is 8.91. The van der Waals surface area contributed by atoms with E-state index in [1.165, 1.54) is 10.9 Å². The summed E-state index contributed by atoms with van der Waals surface area (Å²) >= 11 is 7.15. The third kappa shape index (κ3) is 5.46. The molecular weight excluding hydrogens is 478 g/mol. The van der Waals surface area contributed by atoms with Gasteiger partial charge in [-0.05, 0) is 56.3 Å². The number of halogens is 1. The molecule has 2 aromatic carbocycles. The first-order chi connectivity index (χ1) is 16.3. The fourth-order valence-corrected chi connectivity index (χ4v) is 3.91. The van der Waals surface area contributed by atoms with Crippen molar-refractivity contribution < 1.29 is 14.3 Å². The molecule has 0 fully saturated rings. The lowest BCUT2D eigenvalue weighted by molar-refractivity contribution is -0.113. The van der Waals surface area contributed by atoms with E-state index in [2.05, 4.69) is 20.4 Å². The van der Waals surface area contributed by atoms with Gasteiger partial charge in [-0.15, -0.1) is 0 Å². The standard InChI is InChI=1S/C23H20ClN5O4S/c1-13(2)33-22(32)14-6-8-16(9-7-14)26-19(30)12-34-23-27-20-18(21(31)28-23)11-25-29(20)17-5-3-4-15(24)10-17/h3-11,13H,12H2,1-2H3,(H,26,30)(H,27,28,31). The summed E-state index contributed by atoms with van der Waals surface area (Å²) < 4.78 is 6.66. The molecule has 34 heavy (non-hydrogen) atoms. The highest BCUT2D eigenvalue weighted by atomic mass is 35.5. The van der Waals surface area contributed by atoms with Crippen LogP contribution in [0.5, 0.6) is 0 Å². The molecule has 2 heterocycles. The Labute approximate surface area is 203 Å². The summed E-state index contributed by atoms with van der Waals surface area (Å²) in [7, 11) is 0. The zero-order chi connectivity index (χ0) is 24.2. The van der Waals surface area contributed by atoms with E-state index in [-0.39, 0.29) is 28.5 Å². The monoisotopic (exact) mass is 497 g/mol. The topological polar surface area (TPSA) is 119 Å². The highest BCUT2D eigenvalue weighted by molar-refractivity contribution is 7.99. The molecular formula is C23H20ClN5O4S. The molecule has 0 spiro atoms. The number of rotatable bonds is 7. The Balaban J connectivity index is 1.44. The van der Waals surface area contributed by atoms with Crippen LogP contribution in [0, 0.1) is 0 Å². The zero-order valence-corrected chi connectivity index (χ0v) is 19.8. The smallest absolute Gasteiger partial charge is 0.338 e. The van der Waals surface area contributed by atoms with Crippen molar-refractivity contribution in [1.82, 2.24) is 19.7 Å². The number of nitrogens with zero attached hydrogens (tertiary/aromatic N) is 3. The first-order valence-corrected chi connectivity index (χ1v) is 11.6. The van der Waals surface area contributed by atoms with Crippen LogP contribution in [-0.4, -0.2) is 43.5 Å². The average Bonchev–Trinajstić information content (AvgIpc) is 3.22. The van der Waals surface area contributed by atoms with Crippen molar-refractivity contribution in [3.63, 3.8) is 0 Å². The Morgan fingerprint density at radius 1 is 1.21 bits per heavy atom. The third-order valence-electron chi connectivity index (χ3n) is 4.56. The van der Waals surface area contributed by atoms with E-state index in [0.29, 0.717) is 33.0 Å². The number of nitrogens with one attached hydrogen (secondary N) is 2. The molecule has 0 aliphatic rings. The molecule has 0 radical (unpaired) electrons. The van der Waals surface area contributed by atoms with Gasteiger partial charge in [-0.2, -0.15) is 5.10 Å². The van der Waals surface area contributed by atoms with Gasteiger partial charge in [0.15, 0.2) is 10.8 Å². The van der Waals surface area contributed by atoms with Crippen LogP contribution in [0.4, 0.5) is 5.69 Å². The second-order valence-electron chi connectivity index (χ2n) is 7.51. The lowest BCUT2D eigenvalue weighted by atomic mass is 10.2. The molecule has 0 saturated heterocycles. The highest BCUT2D eigenvalue weighted by Gasteiger charge is 2.14. The molecule has 4 aromatic rings.